The zero-order valence-electron chi connectivity index (χ0n) is 16.4. The predicted octanol–water partition coefficient (Wildman–Crippen LogP) is 1.04. The first-order chi connectivity index (χ1) is 13.7. The van der Waals surface area contributed by atoms with E-state index in [0.29, 0.717) is 12.0 Å². The van der Waals surface area contributed by atoms with E-state index in [1.807, 2.05) is 0 Å². The zero-order chi connectivity index (χ0) is 21.6. The van der Waals surface area contributed by atoms with Crippen molar-refractivity contribution < 1.29 is 38.1 Å². The molecule has 10 heteroatoms. The number of alkyl carbamates (subject to hydrolysis) is 1. The van der Waals surface area contributed by atoms with Crippen molar-refractivity contribution in [2.24, 2.45) is 11.7 Å². The number of carbonyl (C=O) groups excluding carboxylic acids is 4. The molecule has 1 aliphatic rings. The van der Waals surface area contributed by atoms with Gasteiger partial charge >= 0.3 is 24.0 Å². The maximum atomic E-state index is 11.8. The molecule has 0 saturated carbocycles. The van der Waals surface area contributed by atoms with Crippen LogP contribution in [0.15, 0.2) is 18.2 Å². The van der Waals surface area contributed by atoms with Crippen molar-refractivity contribution in [1.82, 2.24) is 5.32 Å². The van der Waals surface area contributed by atoms with E-state index in [1.165, 1.54) is 19.1 Å². The average molecular weight is 408 g/mol. The molecule has 2 rings (SSSR count). The third kappa shape index (κ3) is 6.75. The number of nitrogens with one attached hydrogen (secondary N) is 1. The minimum Gasteiger partial charge on any atom is -0.425 e. The van der Waals surface area contributed by atoms with Gasteiger partial charge in [-0.1, -0.05) is 19.9 Å². The van der Waals surface area contributed by atoms with Gasteiger partial charge in [-0.15, -0.1) is 0 Å². The molecule has 2 unspecified atom stereocenters. The van der Waals surface area contributed by atoms with Gasteiger partial charge in [0.15, 0.2) is 11.5 Å². The van der Waals surface area contributed by atoms with Crippen LogP contribution in [-0.2, 0) is 30.3 Å². The number of benzene rings is 1. The molecule has 0 saturated heterocycles. The van der Waals surface area contributed by atoms with Crippen LogP contribution in [0, 0.1) is 5.92 Å². The molecule has 1 amide bonds. The van der Waals surface area contributed by atoms with Crippen LogP contribution >= 0.6 is 0 Å². The average Bonchev–Trinajstić information content (AvgIpc) is 2.62. The molecule has 1 aromatic rings. The summed E-state index contributed by atoms with van der Waals surface area (Å²) >= 11 is 0. The summed E-state index contributed by atoms with van der Waals surface area (Å²) in [5.41, 5.74) is 6.27. The number of amides is 1. The van der Waals surface area contributed by atoms with E-state index in [2.05, 4.69) is 5.32 Å². The molecular formula is C19H24N2O8. The molecule has 1 heterocycles. The Morgan fingerprint density at radius 1 is 1.17 bits per heavy atom. The minimum atomic E-state index is -1.09. The van der Waals surface area contributed by atoms with Crippen LogP contribution < -0.4 is 20.5 Å². The first-order valence-electron chi connectivity index (χ1n) is 9.11. The molecule has 1 aliphatic heterocycles. The topological polar surface area (TPSA) is 143 Å². The van der Waals surface area contributed by atoms with Crippen molar-refractivity contribution in [2.45, 2.75) is 45.9 Å². The Kier molecular flexibility index (Phi) is 7.54. The molecule has 0 aliphatic carbocycles. The highest BCUT2D eigenvalue weighted by atomic mass is 16.7. The number of carbonyl (C=O) groups is 4. The van der Waals surface area contributed by atoms with Crippen LogP contribution in [0.2, 0.25) is 0 Å². The van der Waals surface area contributed by atoms with Gasteiger partial charge < -0.3 is 30.0 Å². The number of ether oxygens (including phenoxy) is 4. The number of rotatable bonds is 6. The second-order valence-corrected chi connectivity index (χ2v) is 6.73. The molecule has 0 spiro atoms. The second-order valence-electron chi connectivity index (χ2n) is 6.73. The lowest BCUT2D eigenvalue weighted by Gasteiger charge is -2.18. The summed E-state index contributed by atoms with van der Waals surface area (Å²) in [5.74, 6) is -1.96. The molecule has 3 N–H and O–H groups in total. The minimum absolute atomic E-state index is 0.0767. The van der Waals surface area contributed by atoms with E-state index in [9.17, 15) is 19.2 Å². The highest BCUT2D eigenvalue weighted by Gasteiger charge is 2.26. The van der Waals surface area contributed by atoms with E-state index in [1.54, 1.807) is 19.9 Å². The lowest BCUT2D eigenvalue weighted by molar-refractivity contribution is -0.168. The summed E-state index contributed by atoms with van der Waals surface area (Å²) < 4.78 is 20.2. The zero-order valence-corrected chi connectivity index (χ0v) is 16.4. The lowest BCUT2D eigenvalue weighted by atomic mass is 10.1. The van der Waals surface area contributed by atoms with Crippen LogP contribution in [-0.4, -0.2) is 42.9 Å². The molecule has 1 aromatic carbocycles. The van der Waals surface area contributed by atoms with Gasteiger partial charge in [0.1, 0.15) is 6.04 Å². The van der Waals surface area contributed by atoms with E-state index in [4.69, 9.17) is 24.7 Å². The van der Waals surface area contributed by atoms with Crippen molar-refractivity contribution in [3.63, 3.8) is 0 Å². The molecule has 0 fully saturated rings. The fraction of sp³-hybridized carbons (Fsp3) is 0.474. The first kappa shape index (κ1) is 22.2. The van der Waals surface area contributed by atoms with Gasteiger partial charge in [0, 0.05) is 13.5 Å². The van der Waals surface area contributed by atoms with Crippen molar-refractivity contribution in [1.29, 1.82) is 0 Å². The SMILES string of the molecule is CC(OC(=O)NCCc1ccc2c(c1)OC(=O)C(N)CC(=O)O2)OC(=O)C(C)C. The Morgan fingerprint density at radius 2 is 1.90 bits per heavy atom. The standard InChI is InChI=1S/C19H24N2O8/c1-10(2)17(23)26-11(3)27-19(25)21-7-6-12-4-5-14-15(8-12)29-18(24)13(20)9-16(22)28-14/h4-5,8,10-11,13H,6-7,9,20H2,1-3H3,(H,21,25). The van der Waals surface area contributed by atoms with E-state index in [0.717, 1.165) is 0 Å². The Bertz CT molecular complexity index is 792. The number of nitrogens with two attached hydrogens (primary N) is 1. The normalized spacial score (nSPS) is 17.2. The Morgan fingerprint density at radius 3 is 2.59 bits per heavy atom. The van der Waals surface area contributed by atoms with Gasteiger partial charge in [-0.3, -0.25) is 9.59 Å². The lowest BCUT2D eigenvalue weighted by Crippen LogP contribution is -2.38. The van der Waals surface area contributed by atoms with Crippen LogP contribution in [0.3, 0.4) is 0 Å². The third-order valence-electron chi connectivity index (χ3n) is 3.84. The molecule has 10 nitrogen and oxygen atoms in total. The van der Waals surface area contributed by atoms with Crippen LogP contribution in [0.1, 0.15) is 32.8 Å². The van der Waals surface area contributed by atoms with Gasteiger partial charge in [-0.05, 0) is 24.1 Å². The van der Waals surface area contributed by atoms with E-state index in [-0.39, 0.29) is 30.4 Å². The van der Waals surface area contributed by atoms with Gasteiger partial charge in [-0.25, -0.2) is 9.59 Å². The quantitative estimate of drug-likeness (QED) is 0.401. The fourth-order valence-corrected chi connectivity index (χ4v) is 2.31. The highest BCUT2D eigenvalue weighted by Crippen LogP contribution is 2.30. The maximum Gasteiger partial charge on any atom is 0.410 e. The fourth-order valence-electron chi connectivity index (χ4n) is 2.31. The van der Waals surface area contributed by atoms with Crippen molar-refractivity contribution in [3.05, 3.63) is 23.8 Å². The Labute approximate surface area is 167 Å². The van der Waals surface area contributed by atoms with Crippen LogP contribution in [0.25, 0.3) is 0 Å². The first-order valence-corrected chi connectivity index (χ1v) is 9.11. The summed E-state index contributed by atoms with van der Waals surface area (Å²) in [5, 5.41) is 2.52. The van der Waals surface area contributed by atoms with Crippen LogP contribution in [0.4, 0.5) is 4.79 Å². The number of hydrogen-bond donors (Lipinski definition) is 2. The van der Waals surface area contributed by atoms with Gasteiger partial charge in [0.2, 0.25) is 6.29 Å². The number of hydrogen-bond acceptors (Lipinski definition) is 9. The Hall–Kier alpha value is -3.14. The van der Waals surface area contributed by atoms with Gasteiger partial charge in [0.25, 0.3) is 0 Å². The summed E-state index contributed by atoms with van der Waals surface area (Å²) in [7, 11) is 0. The summed E-state index contributed by atoms with van der Waals surface area (Å²) in [6.07, 6.45) is -1.65. The van der Waals surface area contributed by atoms with Crippen molar-refractivity contribution in [3.8, 4) is 11.5 Å². The smallest absolute Gasteiger partial charge is 0.410 e. The summed E-state index contributed by atoms with van der Waals surface area (Å²) in [6, 6.07) is 3.60. The molecule has 0 aromatic heterocycles. The molecule has 29 heavy (non-hydrogen) atoms. The molecular weight excluding hydrogens is 384 g/mol. The van der Waals surface area contributed by atoms with Gasteiger partial charge in [0.05, 0.1) is 12.3 Å². The predicted molar refractivity (Wildman–Crippen MR) is 98.9 cm³/mol. The van der Waals surface area contributed by atoms with E-state index < -0.39 is 36.3 Å². The highest BCUT2D eigenvalue weighted by molar-refractivity contribution is 5.87. The van der Waals surface area contributed by atoms with Crippen LogP contribution in [0.5, 0.6) is 11.5 Å². The van der Waals surface area contributed by atoms with E-state index >= 15 is 0 Å². The summed E-state index contributed by atoms with van der Waals surface area (Å²) in [4.78, 5) is 46.7. The number of fused-ring (bicyclic) bond motifs is 1. The maximum absolute atomic E-state index is 11.8. The Balaban J connectivity index is 1.87. The summed E-state index contributed by atoms with van der Waals surface area (Å²) in [6.45, 7) is 4.98. The van der Waals surface area contributed by atoms with Crippen molar-refractivity contribution in [2.75, 3.05) is 6.54 Å². The third-order valence-corrected chi connectivity index (χ3v) is 3.84. The second kappa shape index (κ2) is 9.87. The van der Waals surface area contributed by atoms with Crippen molar-refractivity contribution >= 4 is 24.0 Å². The molecule has 158 valence electrons. The molecule has 0 radical (unpaired) electrons. The monoisotopic (exact) mass is 408 g/mol. The van der Waals surface area contributed by atoms with Gasteiger partial charge in [-0.2, -0.15) is 0 Å². The largest absolute Gasteiger partial charge is 0.425 e. The number of esters is 3. The molecule has 2 atom stereocenters. The molecule has 0 bridgehead atoms.